The number of methoxy groups -OCH3 is 1. The maximum atomic E-state index is 12.0. The fourth-order valence-corrected chi connectivity index (χ4v) is 2.82. The molecule has 5 heteroatoms. The van der Waals surface area contributed by atoms with E-state index in [1.165, 1.54) is 0 Å². The van der Waals surface area contributed by atoms with Crippen LogP contribution in [0.25, 0.3) is 0 Å². The van der Waals surface area contributed by atoms with Crippen molar-refractivity contribution in [3.8, 4) is 11.5 Å². The van der Waals surface area contributed by atoms with E-state index in [0.717, 1.165) is 12.0 Å². The van der Waals surface area contributed by atoms with Crippen LogP contribution in [0, 0.1) is 0 Å². The van der Waals surface area contributed by atoms with E-state index in [1.807, 2.05) is 30.0 Å². The summed E-state index contributed by atoms with van der Waals surface area (Å²) in [6, 6.07) is 5.52. The average molecular weight is 292 g/mol. The molecule has 0 aromatic heterocycles. The molecule has 2 atom stereocenters. The number of carbonyl (C=O) groups excluding carboxylic acids is 1. The Morgan fingerprint density at radius 2 is 2.10 bits per heavy atom. The summed E-state index contributed by atoms with van der Waals surface area (Å²) in [7, 11) is 1.62. The number of likely N-dealkylation sites (tertiary alicyclic amines) is 1. The molecule has 1 amide bonds. The van der Waals surface area contributed by atoms with Crippen molar-refractivity contribution in [1.82, 2.24) is 4.90 Å². The second-order valence-electron chi connectivity index (χ2n) is 5.25. The third kappa shape index (κ3) is 3.13. The molecule has 2 unspecified atom stereocenters. The summed E-state index contributed by atoms with van der Waals surface area (Å²) in [5.74, 6) is 1.52. The van der Waals surface area contributed by atoms with Crippen molar-refractivity contribution < 1.29 is 14.3 Å². The number of nitrogens with two attached hydrogens (primary N) is 1. The number of carbonyl (C=O) groups is 1. The van der Waals surface area contributed by atoms with E-state index >= 15 is 0 Å². The van der Waals surface area contributed by atoms with Gasteiger partial charge in [0.05, 0.1) is 19.8 Å². The summed E-state index contributed by atoms with van der Waals surface area (Å²) in [6.45, 7) is 5.32. The fourth-order valence-electron chi connectivity index (χ4n) is 2.82. The Morgan fingerprint density at radius 3 is 2.71 bits per heavy atom. The van der Waals surface area contributed by atoms with E-state index < -0.39 is 0 Å². The number of amides is 1. The molecule has 0 saturated carbocycles. The molecule has 1 aliphatic rings. The summed E-state index contributed by atoms with van der Waals surface area (Å²) in [6.07, 6.45) is 1.32. The molecule has 0 radical (unpaired) electrons. The lowest BCUT2D eigenvalue weighted by Gasteiger charge is -2.26. The first-order valence-corrected chi connectivity index (χ1v) is 7.48. The number of hydrogen-bond acceptors (Lipinski definition) is 4. The van der Waals surface area contributed by atoms with Crippen LogP contribution in [0.5, 0.6) is 11.5 Å². The predicted octanol–water partition coefficient (Wildman–Crippen LogP) is 2.10. The first-order chi connectivity index (χ1) is 10.1. The molecule has 2 N–H and O–H groups in total. The molecule has 1 aliphatic heterocycles. The normalized spacial score (nSPS) is 21.7. The van der Waals surface area contributed by atoms with Gasteiger partial charge in [0.15, 0.2) is 11.5 Å². The van der Waals surface area contributed by atoms with Gasteiger partial charge in [-0.1, -0.05) is 13.0 Å². The van der Waals surface area contributed by atoms with Crippen LogP contribution in [0.4, 0.5) is 0 Å². The minimum Gasteiger partial charge on any atom is -0.493 e. The number of ether oxygens (including phenoxy) is 2. The van der Waals surface area contributed by atoms with Crippen molar-refractivity contribution in [2.45, 2.75) is 38.8 Å². The largest absolute Gasteiger partial charge is 0.493 e. The molecule has 116 valence electrons. The van der Waals surface area contributed by atoms with Crippen molar-refractivity contribution in [2.75, 3.05) is 20.3 Å². The number of benzene rings is 1. The lowest BCUT2D eigenvalue weighted by molar-refractivity contribution is -0.128. The van der Waals surface area contributed by atoms with E-state index in [2.05, 4.69) is 6.92 Å². The van der Waals surface area contributed by atoms with Crippen molar-refractivity contribution in [3.63, 3.8) is 0 Å². The zero-order valence-corrected chi connectivity index (χ0v) is 13.0. The van der Waals surface area contributed by atoms with Crippen LogP contribution in [0.3, 0.4) is 0 Å². The lowest BCUT2D eigenvalue weighted by atomic mass is 10.00. The SMILES string of the molecule is CCCOc1cc(C2C(N)CC(=O)N2CC)ccc1OC. The number of nitrogens with zero attached hydrogens (tertiary/aromatic N) is 1. The number of hydrogen-bond donors (Lipinski definition) is 1. The second kappa shape index (κ2) is 6.80. The minimum atomic E-state index is -0.176. The highest BCUT2D eigenvalue weighted by atomic mass is 16.5. The summed E-state index contributed by atoms with van der Waals surface area (Å²) in [4.78, 5) is 13.8. The van der Waals surface area contributed by atoms with E-state index in [-0.39, 0.29) is 18.0 Å². The number of likely N-dealkylation sites (N-methyl/N-ethyl adjacent to an activating group) is 1. The average Bonchev–Trinajstić information content (AvgIpc) is 2.78. The molecular weight excluding hydrogens is 268 g/mol. The van der Waals surface area contributed by atoms with E-state index in [1.54, 1.807) is 7.11 Å². The van der Waals surface area contributed by atoms with Gasteiger partial charge in [0.1, 0.15) is 0 Å². The highest BCUT2D eigenvalue weighted by molar-refractivity contribution is 5.80. The molecule has 21 heavy (non-hydrogen) atoms. The van der Waals surface area contributed by atoms with Gasteiger partial charge >= 0.3 is 0 Å². The molecule has 2 rings (SSSR count). The smallest absolute Gasteiger partial charge is 0.224 e. The van der Waals surface area contributed by atoms with Crippen LogP contribution in [0.15, 0.2) is 18.2 Å². The molecule has 1 aromatic rings. The third-order valence-corrected chi connectivity index (χ3v) is 3.80. The van der Waals surface area contributed by atoms with Gasteiger partial charge in [-0.3, -0.25) is 4.79 Å². The van der Waals surface area contributed by atoms with Crippen LogP contribution in [-0.2, 0) is 4.79 Å². The summed E-state index contributed by atoms with van der Waals surface area (Å²) in [5.41, 5.74) is 7.16. The Hall–Kier alpha value is -1.75. The summed E-state index contributed by atoms with van der Waals surface area (Å²) < 4.78 is 11.1. The Kier molecular flexibility index (Phi) is 5.07. The van der Waals surface area contributed by atoms with Crippen LogP contribution in [-0.4, -0.2) is 37.1 Å². The maximum absolute atomic E-state index is 12.0. The standard InChI is InChI=1S/C16H24N2O3/c1-4-8-21-14-9-11(6-7-13(14)20-3)16-12(17)10-15(19)18(16)5-2/h6-7,9,12,16H,4-5,8,10,17H2,1-3H3. The van der Waals surface area contributed by atoms with Crippen LogP contribution in [0.1, 0.15) is 38.3 Å². The molecule has 0 spiro atoms. The minimum absolute atomic E-state index is 0.0858. The number of rotatable bonds is 6. The van der Waals surface area contributed by atoms with Gasteiger partial charge in [0, 0.05) is 19.0 Å². The van der Waals surface area contributed by atoms with Gasteiger partial charge in [-0.25, -0.2) is 0 Å². The Labute approximate surface area is 126 Å². The van der Waals surface area contributed by atoms with Gasteiger partial charge in [-0.05, 0) is 31.0 Å². The molecule has 1 fully saturated rings. The molecule has 0 bridgehead atoms. The highest BCUT2D eigenvalue weighted by Crippen LogP contribution is 2.36. The van der Waals surface area contributed by atoms with Gasteiger partial charge < -0.3 is 20.1 Å². The Bertz CT molecular complexity index is 504. The quantitative estimate of drug-likeness (QED) is 0.872. The second-order valence-corrected chi connectivity index (χ2v) is 5.25. The van der Waals surface area contributed by atoms with E-state index in [0.29, 0.717) is 31.1 Å². The molecule has 5 nitrogen and oxygen atoms in total. The van der Waals surface area contributed by atoms with Gasteiger partial charge in [0.2, 0.25) is 5.91 Å². The van der Waals surface area contributed by atoms with Crippen molar-refractivity contribution in [2.24, 2.45) is 5.73 Å². The summed E-state index contributed by atoms with van der Waals surface area (Å²) >= 11 is 0. The topological polar surface area (TPSA) is 64.8 Å². The predicted molar refractivity (Wildman–Crippen MR) is 81.5 cm³/mol. The van der Waals surface area contributed by atoms with Gasteiger partial charge in [-0.2, -0.15) is 0 Å². The van der Waals surface area contributed by atoms with Gasteiger partial charge in [-0.15, -0.1) is 0 Å². The summed E-state index contributed by atoms with van der Waals surface area (Å²) in [5, 5.41) is 0. The molecule has 1 aromatic carbocycles. The third-order valence-electron chi connectivity index (χ3n) is 3.80. The fraction of sp³-hybridized carbons (Fsp3) is 0.562. The van der Waals surface area contributed by atoms with Crippen molar-refractivity contribution >= 4 is 5.91 Å². The first kappa shape index (κ1) is 15.6. The monoisotopic (exact) mass is 292 g/mol. The lowest BCUT2D eigenvalue weighted by Crippen LogP contribution is -2.32. The first-order valence-electron chi connectivity index (χ1n) is 7.48. The van der Waals surface area contributed by atoms with Crippen LogP contribution >= 0.6 is 0 Å². The molecule has 1 heterocycles. The van der Waals surface area contributed by atoms with E-state index in [4.69, 9.17) is 15.2 Å². The molecule has 1 saturated heterocycles. The van der Waals surface area contributed by atoms with Crippen LogP contribution in [0.2, 0.25) is 0 Å². The van der Waals surface area contributed by atoms with E-state index in [9.17, 15) is 4.79 Å². The van der Waals surface area contributed by atoms with Crippen molar-refractivity contribution in [1.29, 1.82) is 0 Å². The van der Waals surface area contributed by atoms with Gasteiger partial charge in [0.25, 0.3) is 0 Å². The highest BCUT2D eigenvalue weighted by Gasteiger charge is 2.37. The Balaban J connectivity index is 2.32. The van der Waals surface area contributed by atoms with Crippen LogP contribution < -0.4 is 15.2 Å². The maximum Gasteiger partial charge on any atom is 0.224 e. The zero-order valence-electron chi connectivity index (χ0n) is 13.0. The zero-order chi connectivity index (χ0) is 15.4. The molecular formula is C16H24N2O3. The molecule has 0 aliphatic carbocycles. The Morgan fingerprint density at radius 1 is 1.33 bits per heavy atom. The van der Waals surface area contributed by atoms with Crippen molar-refractivity contribution in [3.05, 3.63) is 23.8 Å².